The van der Waals surface area contributed by atoms with Crippen molar-refractivity contribution < 1.29 is 9.53 Å². The molecule has 0 radical (unpaired) electrons. The maximum atomic E-state index is 12.7. The second kappa shape index (κ2) is 8.88. The van der Waals surface area contributed by atoms with Crippen molar-refractivity contribution in [1.29, 1.82) is 5.41 Å². The van der Waals surface area contributed by atoms with Crippen LogP contribution in [0.5, 0.6) is 0 Å². The number of carbonyl (C=O) groups is 1. The van der Waals surface area contributed by atoms with E-state index in [0.717, 1.165) is 28.1 Å². The third-order valence-electron chi connectivity index (χ3n) is 5.18. The quantitative estimate of drug-likeness (QED) is 0.513. The number of aryl methyl sites for hydroxylation is 1. The number of anilines is 1. The molecule has 1 saturated heterocycles. The van der Waals surface area contributed by atoms with E-state index in [9.17, 15) is 4.79 Å². The molecule has 0 aliphatic carbocycles. The van der Waals surface area contributed by atoms with Gasteiger partial charge in [0.05, 0.1) is 18.9 Å². The normalized spacial score (nSPS) is 13.7. The predicted octanol–water partition coefficient (Wildman–Crippen LogP) is 3.97. The molecule has 2 aromatic carbocycles. The van der Waals surface area contributed by atoms with Crippen molar-refractivity contribution >= 4 is 17.4 Å². The Hall–Kier alpha value is -3.51. The van der Waals surface area contributed by atoms with E-state index in [1.807, 2.05) is 60.4 Å². The summed E-state index contributed by atoms with van der Waals surface area (Å²) in [6, 6.07) is 18.8. The number of rotatable bonds is 4. The molecule has 0 bridgehead atoms. The Labute approximate surface area is 176 Å². The number of hydrogen-bond acceptors (Lipinski definition) is 4. The van der Waals surface area contributed by atoms with Crippen molar-refractivity contribution in [3.8, 4) is 11.3 Å². The van der Waals surface area contributed by atoms with E-state index in [1.54, 1.807) is 18.3 Å². The average Bonchev–Trinajstić information content (AvgIpc) is 2.81. The van der Waals surface area contributed by atoms with Crippen LogP contribution in [0.1, 0.15) is 21.5 Å². The summed E-state index contributed by atoms with van der Waals surface area (Å²) in [6.45, 7) is 4.73. The molecule has 1 aromatic heterocycles. The summed E-state index contributed by atoms with van der Waals surface area (Å²) in [5.74, 6) is 0.277. The maximum Gasteiger partial charge on any atom is 0.255 e. The molecular formula is C24H24N4O2. The number of amides is 1. The fourth-order valence-corrected chi connectivity index (χ4v) is 3.45. The van der Waals surface area contributed by atoms with Crippen molar-refractivity contribution in [2.45, 2.75) is 6.92 Å². The van der Waals surface area contributed by atoms with Crippen molar-refractivity contribution in [3.05, 3.63) is 83.6 Å². The number of aromatic nitrogens is 1. The summed E-state index contributed by atoms with van der Waals surface area (Å²) in [4.78, 5) is 19.1. The molecule has 0 atom stereocenters. The van der Waals surface area contributed by atoms with Crippen LogP contribution >= 0.6 is 0 Å². The molecular weight excluding hydrogens is 376 g/mol. The minimum absolute atomic E-state index is 0.185. The zero-order valence-corrected chi connectivity index (χ0v) is 16.9. The minimum Gasteiger partial charge on any atom is -0.378 e. The number of ether oxygens (including phenoxy) is 1. The van der Waals surface area contributed by atoms with Gasteiger partial charge in [0.25, 0.3) is 5.91 Å². The Morgan fingerprint density at radius 1 is 1.03 bits per heavy atom. The molecule has 0 unspecified atom stereocenters. The number of nitrogens with zero attached hydrogens (tertiary/aromatic N) is 2. The molecule has 152 valence electrons. The van der Waals surface area contributed by atoms with Gasteiger partial charge in [0.2, 0.25) is 0 Å². The molecule has 0 saturated carbocycles. The Kier molecular flexibility index (Phi) is 5.86. The second-order valence-electron chi connectivity index (χ2n) is 7.22. The van der Waals surface area contributed by atoms with Crippen LogP contribution in [0.3, 0.4) is 0 Å². The second-order valence-corrected chi connectivity index (χ2v) is 7.22. The summed E-state index contributed by atoms with van der Waals surface area (Å²) in [7, 11) is 0. The molecule has 1 aliphatic heterocycles. The first kappa shape index (κ1) is 19.8. The van der Waals surface area contributed by atoms with Crippen LogP contribution in [0.4, 0.5) is 5.69 Å². The van der Waals surface area contributed by atoms with Gasteiger partial charge in [-0.1, -0.05) is 24.3 Å². The lowest BCUT2D eigenvalue weighted by Gasteiger charge is -2.29. The van der Waals surface area contributed by atoms with Crippen molar-refractivity contribution in [1.82, 2.24) is 9.88 Å². The van der Waals surface area contributed by atoms with E-state index in [4.69, 9.17) is 10.1 Å². The molecule has 1 aliphatic rings. The summed E-state index contributed by atoms with van der Waals surface area (Å²) in [6.07, 6.45) is 1.76. The molecule has 1 fully saturated rings. The Balaban J connectivity index is 1.47. The van der Waals surface area contributed by atoms with Crippen molar-refractivity contribution in [2.24, 2.45) is 0 Å². The Morgan fingerprint density at radius 2 is 1.77 bits per heavy atom. The summed E-state index contributed by atoms with van der Waals surface area (Å²) in [5.41, 5.74) is 5.02. The number of benzene rings is 2. The molecule has 6 heteroatoms. The van der Waals surface area contributed by atoms with Gasteiger partial charge in [0.1, 0.15) is 5.84 Å². The highest BCUT2D eigenvalue weighted by Gasteiger charge is 2.16. The van der Waals surface area contributed by atoms with Crippen LogP contribution < -0.4 is 5.32 Å². The molecule has 0 spiro atoms. The standard InChI is InChI=1S/C24H24N4O2/c1-17-5-10-20(16-21(17)22-4-2-3-11-26-22)27-24(29)19-8-6-18(7-9-19)23(25)28-12-14-30-15-13-28/h2-11,16,25H,12-15H2,1H3,(H,27,29). The SMILES string of the molecule is Cc1ccc(NC(=O)c2ccc(C(=N)N3CCOCC3)cc2)cc1-c1ccccn1. The highest BCUT2D eigenvalue weighted by atomic mass is 16.5. The molecule has 4 rings (SSSR count). The van der Waals surface area contributed by atoms with Gasteiger partial charge in [-0.3, -0.25) is 15.2 Å². The van der Waals surface area contributed by atoms with E-state index in [1.165, 1.54) is 0 Å². The summed E-state index contributed by atoms with van der Waals surface area (Å²) in [5, 5.41) is 11.3. The van der Waals surface area contributed by atoms with Gasteiger partial charge >= 0.3 is 0 Å². The van der Waals surface area contributed by atoms with Gasteiger partial charge in [0, 0.05) is 41.7 Å². The number of pyridine rings is 1. The van der Waals surface area contributed by atoms with Gasteiger partial charge < -0.3 is 15.0 Å². The molecule has 3 aromatic rings. The predicted molar refractivity (Wildman–Crippen MR) is 118 cm³/mol. The Bertz CT molecular complexity index is 1040. The lowest BCUT2D eigenvalue weighted by molar-refractivity contribution is 0.0680. The first-order valence-corrected chi connectivity index (χ1v) is 9.97. The third-order valence-corrected chi connectivity index (χ3v) is 5.18. The fraction of sp³-hybridized carbons (Fsp3) is 0.208. The van der Waals surface area contributed by atoms with E-state index < -0.39 is 0 Å². The van der Waals surface area contributed by atoms with Gasteiger partial charge in [0.15, 0.2) is 0 Å². The van der Waals surface area contributed by atoms with Gasteiger partial charge in [-0.2, -0.15) is 0 Å². The highest BCUT2D eigenvalue weighted by Crippen LogP contribution is 2.25. The van der Waals surface area contributed by atoms with E-state index in [0.29, 0.717) is 37.7 Å². The maximum absolute atomic E-state index is 12.7. The summed E-state index contributed by atoms with van der Waals surface area (Å²) < 4.78 is 5.34. The topological polar surface area (TPSA) is 78.3 Å². The van der Waals surface area contributed by atoms with Gasteiger partial charge in [-0.25, -0.2) is 0 Å². The minimum atomic E-state index is -0.185. The van der Waals surface area contributed by atoms with E-state index in [2.05, 4.69) is 10.3 Å². The van der Waals surface area contributed by atoms with Crippen LogP contribution in [0.2, 0.25) is 0 Å². The Morgan fingerprint density at radius 3 is 2.47 bits per heavy atom. The lowest BCUT2D eigenvalue weighted by atomic mass is 10.0. The zero-order chi connectivity index (χ0) is 20.9. The van der Waals surface area contributed by atoms with Crippen LogP contribution in [0, 0.1) is 12.3 Å². The first-order valence-electron chi connectivity index (χ1n) is 9.97. The van der Waals surface area contributed by atoms with Crippen LogP contribution in [0.25, 0.3) is 11.3 Å². The van der Waals surface area contributed by atoms with Crippen molar-refractivity contribution in [2.75, 3.05) is 31.6 Å². The smallest absolute Gasteiger partial charge is 0.255 e. The molecule has 30 heavy (non-hydrogen) atoms. The zero-order valence-electron chi connectivity index (χ0n) is 16.9. The molecule has 2 heterocycles. The third kappa shape index (κ3) is 4.39. The fourth-order valence-electron chi connectivity index (χ4n) is 3.45. The van der Waals surface area contributed by atoms with E-state index >= 15 is 0 Å². The molecule has 6 nitrogen and oxygen atoms in total. The van der Waals surface area contributed by atoms with Gasteiger partial charge in [-0.15, -0.1) is 0 Å². The monoisotopic (exact) mass is 400 g/mol. The number of nitrogens with one attached hydrogen (secondary N) is 2. The molecule has 2 N–H and O–H groups in total. The lowest BCUT2D eigenvalue weighted by Crippen LogP contribution is -2.40. The van der Waals surface area contributed by atoms with Crippen LogP contribution in [-0.2, 0) is 4.74 Å². The van der Waals surface area contributed by atoms with Crippen LogP contribution in [-0.4, -0.2) is 47.9 Å². The van der Waals surface area contributed by atoms with E-state index in [-0.39, 0.29) is 5.91 Å². The highest BCUT2D eigenvalue weighted by molar-refractivity contribution is 6.05. The average molecular weight is 400 g/mol. The van der Waals surface area contributed by atoms with Crippen LogP contribution in [0.15, 0.2) is 66.9 Å². The number of morpholine rings is 1. The molecule has 1 amide bonds. The van der Waals surface area contributed by atoms with Crippen molar-refractivity contribution in [3.63, 3.8) is 0 Å². The number of hydrogen-bond donors (Lipinski definition) is 2. The van der Waals surface area contributed by atoms with Gasteiger partial charge in [-0.05, 0) is 48.9 Å². The first-order chi connectivity index (χ1) is 14.6. The number of carbonyl (C=O) groups excluding carboxylic acids is 1. The summed E-state index contributed by atoms with van der Waals surface area (Å²) >= 11 is 0. The largest absolute Gasteiger partial charge is 0.378 e. The number of amidine groups is 1.